The summed E-state index contributed by atoms with van der Waals surface area (Å²) < 4.78 is 0. The van der Waals surface area contributed by atoms with Gasteiger partial charge in [-0.15, -0.1) is 0 Å². The molecular weight excluding hydrogens is 280 g/mol. The van der Waals surface area contributed by atoms with Gasteiger partial charge in [0.2, 0.25) is 5.91 Å². The molecule has 0 radical (unpaired) electrons. The van der Waals surface area contributed by atoms with E-state index in [0.29, 0.717) is 11.9 Å². The van der Waals surface area contributed by atoms with Crippen LogP contribution < -0.4 is 5.32 Å². The molecule has 1 saturated heterocycles. The Labute approximate surface area is 131 Å². The number of nitrogens with one attached hydrogen (secondary N) is 1. The molecule has 0 aromatic carbocycles. The number of carbonyl (C=O) groups excluding carboxylic acids is 1. The monoisotopic (exact) mass is 306 g/mol. The maximum atomic E-state index is 13.0. The number of hydrogen-bond donors (Lipinski definition) is 1. The van der Waals surface area contributed by atoms with Crippen LogP contribution in [0.5, 0.6) is 0 Å². The van der Waals surface area contributed by atoms with Gasteiger partial charge in [-0.25, -0.2) is 0 Å². The van der Waals surface area contributed by atoms with Crippen molar-refractivity contribution in [3.8, 4) is 0 Å². The fourth-order valence-corrected chi connectivity index (χ4v) is 4.47. The summed E-state index contributed by atoms with van der Waals surface area (Å²) in [5, 5.41) is 7.89. The van der Waals surface area contributed by atoms with Gasteiger partial charge in [0.15, 0.2) is 0 Å². The van der Waals surface area contributed by atoms with Crippen molar-refractivity contribution < 1.29 is 4.79 Å². The van der Waals surface area contributed by atoms with E-state index in [1.54, 1.807) is 11.3 Å². The molecule has 1 N–H and O–H groups in total. The van der Waals surface area contributed by atoms with Crippen molar-refractivity contribution in [2.24, 2.45) is 5.92 Å². The number of hydrogen-bond acceptors (Lipinski definition) is 3. The zero-order chi connectivity index (χ0) is 15.0. The van der Waals surface area contributed by atoms with Gasteiger partial charge in [0.25, 0.3) is 0 Å². The summed E-state index contributed by atoms with van der Waals surface area (Å²) in [6, 6.07) is 2.54. The zero-order valence-electron chi connectivity index (χ0n) is 13.3. The van der Waals surface area contributed by atoms with Crippen LogP contribution in [0.3, 0.4) is 0 Å². The van der Waals surface area contributed by atoms with Crippen LogP contribution in [0, 0.1) is 5.92 Å². The maximum Gasteiger partial charge on any atom is 0.244 e. The molecule has 1 aliphatic heterocycles. The van der Waals surface area contributed by atoms with E-state index >= 15 is 0 Å². The largest absolute Gasteiger partial charge is 0.318 e. The van der Waals surface area contributed by atoms with Crippen LogP contribution in [0.4, 0.5) is 0 Å². The Bertz CT molecular complexity index is 501. The van der Waals surface area contributed by atoms with Gasteiger partial charge < -0.3 is 4.90 Å². The highest BCUT2D eigenvalue weighted by Crippen LogP contribution is 2.39. The lowest BCUT2D eigenvalue weighted by Gasteiger charge is -2.37. The predicted octanol–water partition coefficient (Wildman–Crippen LogP) is 3.93. The molecule has 4 unspecified atom stereocenters. The summed E-state index contributed by atoms with van der Waals surface area (Å²) in [6.45, 7) is 6.47. The Kier molecular flexibility index (Phi) is 4.10. The molecule has 2 fully saturated rings. The second-order valence-corrected chi connectivity index (χ2v) is 7.71. The second-order valence-electron chi connectivity index (χ2n) is 6.93. The number of amides is 1. The van der Waals surface area contributed by atoms with E-state index in [9.17, 15) is 4.79 Å². The summed E-state index contributed by atoms with van der Waals surface area (Å²) in [5.74, 6) is 1.02. The summed E-state index contributed by atoms with van der Waals surface area (Å²) in [6.07, 6.45) is 5.75. The molecule has 3 rings (SSSR count). The summed E-state index contributed by atoms with van der Waals surface area (Å²) in [4.78, 5) is 15.2. The summed E-state index contributed by atoms with van der Waals surface area (Å²) >= 11 is 1.71. The van der Waals surface area contributed by atoms with Crippen molar-refractivity contribution in [3.05, 3.63) is 22.4 Å². The third-order valence-electron chi connectivity index (χ3n) is 5.31. The Morgan fingerprint density at radius 2 is 2.29 bits per heavy atom. The van der Waals surface area contributed by atoms with E-state index in [-0.39, 0.29) is 6.17 Å². The molecule has 21 heavy (non-hydrogen) atoms. The van der Waals surface area contributed by atoms with Gasteiger partial charge >= 0.3 is 0 Å². The fraction of sp³-hybridized carbons (Fsp3) is 0.706. The first-order valence-electron chi connectivity index (χ1n) is 8.17. The molecular formula is C17H26N2OS. The van der Waals surface area contributed by atoms with E-state index in [1.807, 2.05) is 0 Å². The van der Waals surface area contributed by atoms with Crippen LogP contribution in [0.1, 0.15) is 64.6 Å². The topological polar surface area (TPSA) is 32.3 Å². The van der Waals surface area contributed by atoms with Gasteiger partial charge in [0.1, 0.15) is 6.17 Å². The highest BCUT2D eigenvalue weighted by atomic mass is 32.1. The highest BCUT2D eigenvalue weighted by Gasteiger charge is 2.50. The molecule has 1 aromatic heterocycles. The first kappa shape index (κ1) is 15.0. The Morgan fingerprint density at radius 3 is 2.90 bits per heavy atom. The standard InChI is InChI=1S/C17H26N2OS/c1-4-17(3)16(20)19(14-7-5-6-12(2)10-14)15(18-17)13-8-9-21-11-13/h8-9,11-12,14-15,18H,4-7,10H2,1-3H3. The molecule has 2 heterocycles. The molecule has 4 heteroatoms. The van der Waals surface area contributed by atoms with Gasteiger partial charge in [-0.05, 0) is 54.5 Å². The van der Waals surface area contributed by atoms with E-state index < -0.39 is 5.54 Å². The van der Waals surface area contributed by atoms with Crippen LogP contribution in [0.15, 0.2) is 16.8 Å². The molecule has 0 bridgehead atoms. The molecule has 116 valence electrons. The average molecular weight is 306 g/mol. The van der Waals surface area contributed by atoms with Crippen molar-refractivity contribution >= 4 is 17.2 Å². The van der Waals surface area contributed by atoms with Gasteiger partial charge in [-0.3, -0.25) is 10.1 Å². The minimum absolute atomic E-state index is 0.0593. The van der Waals surface area contributed by atoms with Gasteiger partial charge in [0, 0.05) is 6.04 Å². The van der Waals surface area contributed by atoms with Crippen LogP contribution >= 0.6 is 11.3 Å². The van der Waals surface area contributed by atoms with Crippen molar-refractivity contribution in [1.29, 1.82) is 0 Å². The minimum Gasteiger partial charge on any atom is -0.318 e. The number of rotatable bonds is 3. The average Bonchev–Trinajstić information content (AvgIpc) is 3.07. The Hall–Kier alpha value is -0.870. The van der Waals surface area contributed by atoms with Crippen molar-refractivity contribution in [1.82, 2.24) is 10.2 Å². The zero-order valence-corrected chi connectivity index (χ0v) is 14.1. The highest BCUT2D eigenvalue weighted by molar-refractivity contribution is 7.07. The smallest absolute Gasteiger partial charge is 0.244 e. The van der Waals surface area contributed by atoms with Gasteiger partial charge in [-0.1, -0.05) is 26.7 Å². The SMILES string of the molecule is CCC1(C)NC(c2ccsc2)N(C2CCCC(C)C2)C1=O. The predicted molar refractivity (Wildman–Crippen MR) is 87.2 cm³/mol. The molecule has 1 amide bonds. The normalized spacial score (nSPS) is 37.2. The quantitative estimate of drug-likeness (QED) is 0.918. The molecule has 1 aromatic rings. The van der Waals surface area contributed by atoms with Crippen LogP contribution in [-0.4, -0.2) is 22.4 Å². The maximum absolute atomic E-state index is 13.0. The number of thiophene rings is 1. The second kappa shape index (κ2) is 5.73. The van der Waals surface area contributed by atoms with E-state index in [4.69, 9.17) is 0 Å². The van der Waals surface area contributed by atoms with Crippen LogP contribution in [0.2, 0.25) is 0 Å². The van der Waals surface area contributed by atoms with Crippen molar-refractivity contribution in [2.45, 2.75) is 70.6 Å². The molecule has 0 spiro atoms. The molecule has 4 atom stereocenters. The summed E-state index contributed by atoms with van der Waals surface area (Å²) in [7, 11) is 0. The van der Waals surface area contributed by atoms with E-state index in [0.717, 1.165) is 25.2 Å². The van der Waals surface area contributed by atoms with E-state index in [2.05, 4.69) is 47.8 Å². The Morgan fingerprint density at radius 1 is 1.48 bits per heavy atom. The van der Waals surface area contributed by atoms with Crippen molar-refractivity contribution in [3.63, 3.8) is 0 Å². The van der Waals surface area contributed by atoms with Gasteiger partial charge in [-0.2, -0.15) is 11.3 Å². The first-order valence-corrected chi connectivity index (χ1v) is 9.12. The van der Waals surface area contributed by atoms with Crippen molar-refractivity contribution in [2.75, 3.05) is 0 Å². The lowest BCUT2D eigenvalue weighted by atomic mass is 9.85. The molecule has 1 saturated carbocycles. The first-order chi connectivity index (χ1) is 10.0. The fourth-order valence-electron chi connectivity index (χ4n) is 3.79. The minimum atomic E-state index is -0.409. The molecule has 2 aliphatic rings. The lowest BCUT2D eigenvalue weighted by molar-refractivity contribution is -0.136. The third-order valence-corrected chi connectivity index (χ3v) is 6.01. The number of carbonyl (C=O) groups is 1. The number of nitrogens with zero attached hydrogens (tertiary/aromatic N) is 1. The van der Waals surface area contributed by atoms with Crippen LogP contribution in [-0.2, 0) is 4.79 Å². The molecule has 3 nitrogen and oxygen atoms in total. The third kappa shape index (κ3) is 2.64. The summed E-state index contributed by atoms with van der Waals surface area (Å²) in [5.41, 5.74) is 0.830. The van der Waals surface area contributed by atoms with E-state index in [1.165, 1.54) is 18.4 Å². The Balaban J connectivity index is 1.91. The van der Waals surface area contributed by atoms with Crippen LogP contribution in [0.25, 0.3) is 0 Å². The van der Waals surface area contributed by atoms with Gasteiger partial charge in [0.05, 0.1) is 5.54 Å². The molecule has 1 aliphatic carbocycles. The lowest BCUT2D eigenvalue weighted by Crippen LogP contribution is -2.45.